The fourth-order valence-corrected chi connectivity index (χ4v) is 4.99. The lowest BCUT2D eigenvalue weighted by Gasteiger charge is -2.36. The molecule has 25 heavy (non-hydrogen) atoms. The zero-order chi connectivity index (χ0) is 18.2. The minimum absolute atomic E-state index is 0.121. The van der Waals surface area contributed by atoms with Crippen LogP contribution in [-0.4, -0.2) is 41.5 Å². The molecule has 138 valence electrons. The SMILES string of the molecule is CC1CCN(C(CNC(=O)[C@@H]2[C@H](C(=O)O)C2(C)C)c2cccs2)CC1. The van der Waals surface area contributed by atoms with Crippen LogP contribution in [-0.2, 0) is 9.59 Å². The smallest absolute Gasteiger partial charge is 0.307 e. The maximum atomic E-state index is 12.6. The second kappa shape index (κ2) is 7.08. The number of carboxylic acid groups (broad SMARTS) is 1. The number of carbonyl (C=O) groups is 2. The Morgan fingerprint density at radius 1 is 1.36 bits per heavy atom. The number of nitrogens with one attached hydrogen (secondary N) is 1. The zero-order valence-corrected chi connectivity index (χ0v) is 16.0. The van der Waals surface area contributed by atoms with Gasteiger partial charge in [-0.15, -0.1) is 11.3 Å². The van der Waals surface area contributed by atoms with Crippen molar-refractivity contribution in [2.75, 3.05) is 19.6 Å². The lowest BCUT2D eigenvalue weighted by atomic mass is 9.97. The number of nitrogens with zero attached hydrogens (tertiary/aromatic N) is 1. The number of hydrogen-bond acceptors (Lipinski definition) is 4. The quantitative estimate of drug-likeness (QED) is 0.814. The fourth-order valence-electron chi connectivity index (χ4n) is 4.13. The van der Waals surface area contributed by atoms with Crippen LogP contribution in [0.3, 0.4) is 0 Å². The summed E-state index contributed by atoms with van der Waals surface area (Å²) in [5.41, 5.74) is -0.450. The summed E-state index contributed by atoms with van der Waals surface area (Å²) in [4.78, 5) is 27.6. The van der Waals surface area contributed by atoms with Crippen molar-refractivity contribution in [3.63, 3.8) is 0 Å². The number of aliphatic carboxylic acids is 1. The predicted molar refractivity (Wildman–Crippen MR) is 98.4 cm³/mol. The molecule has 1 saturated carbocycles. The van der Waals surface area contributed by atoms with Crippen molar-refractivity contribution >= 4 is 23.2 Å². The Kier molecular flexibility index (Phi) is 5.21. The Balaban J connectivity index is 1.64. The van der Waals surface area contributed by atoms with Gasteiger partial charge in [0.1, 0.15) is 0 Å². The topological polar surface area (TPSA) is 69.6 Å². The lowest BCUT2D eigenvalue weighted by Crippen LogP contribution is -2.42. The molecule has 0 bridgehead atoms. The summed E-state index contributed by atoms with van der Waals surface area (Å²) in [6, 6.07) is 4.36. The van der Waals surface area contributed by atoms with Crippen LogP contribution in [0.5, 0.6) is 0 Å². The average Bonchev–Trinajstić information content (AvgIpc) is 2.90. The highest BCUT2D eigenvalue weighted by Gasteiger charge is 2.65. The number of hydrogen-bond donors (Lipinski definition) is 2. The summed E-state index contributed by atoms with van der Waals surface area (Å²) in [5, 5.41) is 14.4. The summed E-state index contributed by atoms with van der Waals surface area (Å²) in [6.45, 7) is 8.66. The van der Waals surface area contributed by atoms with Crippen LogP contribution in [0.15, 0.2) is 17.5 Å². The van der Waals surface area contributed by atoms with Crippen molar-refractivity contribution in [1.82, 2.24) is 10.2 Å². The van der Waals surface area contributed by atoms with Crippen LogP contribution in [0.2, 0.25) is 0 Å². The molecule has 1 unspecified atom stereocenters. The minimum atomic E-state index is -0.870. The van der Waals surface area contributed by atoms with E-state index in [1.54, 1.807) is 11.3 Å². The number of carboxylic acids is 1. The van der Waals surface area contributed by atoms with Gasteiger partial charge in [0.2, 0.25) is 5.91 Å². The van der Waals surface area contributed by atoms with Gasteiger partial charge in [0.15, 0.2) is 0 Å². The molecule has 2 aliphatic rings. The van der Waals surface area contributed by atoms with Crippen LogP contribution in [0.4, 0.5) is 0 Å². The molecule has 6 heteroatoms. The van der Waals surface area contributed by atoms with E-state index in [-0.39, 0.29) is 11.9 Å². The summed E-state index contributed by atoms with van der Waals surface area (Å²) in [6.07, 6.45) is 2.37. The van der Waals surface area contributed by atoms with Crippen LogP contribution in [0.1, 0.15) is 44.5 Å². The lowest BCUT2D eigenvalue weighted by molar-refractivity contribution is -0.140. The molecule has 2 heterocycles. The molecular formula is C19H28N2O3S. The van der Waals surface area contributed by atoms with E-state index >= 15 is 0 Å². The third kappa shape index (κ3) is 3.75. The first kappa shape index (κ1) is 18.4. The van der Waals surface area contributed by atoms with E-state index in [2.05, 4.69) is 28.6 Å². The molecule has 0 aromatic carbocycles. The van der Waals surface area contributed by atoms with E-state index in [1.807, 2.05) is 19.9 Å². The molecule has 1 amide bonds. The van der Waals surface area contributed by atoms with Gasteiger partial charge >= 0.3 is 5.97 Å². The van der Waals surface area contributed by atoms with E-state index in [0.717, 1.165) is 19.0 Å². The van der Waals surface area contributed by atoms with Crippen molar-refractivity contribution < 1.29 is 14.7 Å². The number of thiophene rings is 1. The first-order chi connectivity index (χ1) is 11.8. The van der Waals surface area contributed by atoms with Crippen molar-refractivity contribution in [2.24, 2.45) is 23.2 Å². The highest BCUT2D eigenvalue weighted by molar-refractivity contribution is 7.10. The van der Waals surface area contributed by atoms with E-state index in [4.69, 9.17) is 0 Å². The second-order valence-corrected chi connectivity index (χ2v) is 9.09. The van der Waals surface area contributed by atoms with E-state index in [9.17, 15) is 14.7 Å². The van der Waals surface area contributed by atoms with Crippen molar-refractivity contribution in [2.45, 2.75) is 39.7 Å². The second-order valence-electron chi connectivity index (χ2n) is 8.11. The van der Waals surface area contributed by atoms with Gasteiger partial charge in [-0.25, -0.2) is 0 Å². The van der Waals surface area contributed by atoms with Gasteiger partial charge in [-0.3, -0.25) is 14.5 Å². The highest BCUT2D eigenvalue weighted by Crippen LogP contribution is 2.58. The molecule has 3 rings (SSSR count). The molecule has 0 radical (unpaired) electrons. The first-order valence-corrected chi connectivity index (χ1v) is 9.98. The minimum Gasteiger partial charge on any atom is -0.481 e. The Hall–Kier alpha value is -1.40. The maximum Gasteiger partial charge on any atom is 0.307 e. The Bertz CT molecular complexity index is 621. The molecule has 1 aromatic rings. The molecule has 2 fully saturated rings. The van der Waals surface area contributed by atoms with Gasteiger partial charge in [0, 0.05) is 11.4 Å². The number of rotatable bonds is 6. The van der Waals surface area contributed by atoms with Crippen molar-refractivity contribution in [3.8, 4) is 0 Å². The number of amides is 1. The van der Waals surface area contributed by atoms with Crippen LogP contribution >= 0.6 is 11.3 Å². The average molecular weight is 365 g/mol. The van der Waals surface area contributed by atoms with E-state index in [1.165, 1.54) is 17.7 Å². The van der Waals surface area contributed by atoms with Gasteiger partial charge in [0.25, 0.3) is 0 Å². The number of likely N-dealkylation sites (tertiary alicyclic amines) is 1. The molecule has 1 aromatic heterocycles. The molecule has 3 atom stereocenters. The molecule has 1 saturated heterocycles. The standard InChI is InChI=1S/C19H28N2O3S/c1-12-6-8-21(9-7-12)13(14-5-4-10-25-14)11-20-17(22)15-16(18(23)24)19(15,2)3/h4-5,10,12-13,15-16H,6-9,11H2,1-3H3,(H,20,22)(H,23,24)/t13?,15-,16+/m0/s1. The normalized spacial score (nSPS) is 27.6. The maximum absolute atomic E-state index is 12.6. The fraction of sp³-hybridized carbons (Fsp3) is 0.684. The molecule has 1 aliphatic carbocycles. The zero-order valence-electron chi connectivity index (χ0n) is 15.2. The Labute approximate surface area is 153 Å². The van der Waals surface area contributed by atoms with Gasteiger partial charge in [-0.1, -0.05) is 26.8 Å². The molecule has 0 spiro atoms. The van der Waals surface area contributed by atoms with Crippen molar-refractivity contribution in [1.29, 1.82) is 0 Å². The van der Waals surface area contributed by atoms with E-state index in [0.29, 0.717) is 6.54 Å². The third-order valence-corrected chi connectivity index (χ3v) is 6.95. The number of carbonyl (C=O) groups excluding carboxylic acids is 1. The van der Waals surface area contributed by atoms with Crippen LogP contribution in [0.25, 0.3) is 0 Å². The molecular weight excluding hydrogens is 336 g/mol. The van der Waals surface area contributed by atoms with Gasteiger partial charge in [-0.05, 0) is 48.7 Å². The summed E-state index contributed by atoms with van der Waals surface area (Å²) in [5.74, 6) is -1.22. The summed E-state index contributed by atoms with van der Waals surface area (Å²) < 4.78 is 0. The Morgan fingerprint density at radius 3 is 2.56 bits per heavy atom. The van der Waals surface area contributed by atoms with Crippen LogP contribution in [0, 0.1) is 23.2 Å². The number of piperidine rings is 1. The monoisotopic (exact) mass is 364 g/mol. The third-order valence-electron chi connectivity index (χ3n) is 5.98. The predicted octanol–water partition coefficient (Wildman–Crippen LogP) is 2.99. The molecule has 5 nitrogen and oxygen atoms in total. The van der Waals surface area contributed by atoms with Crippen molar-refractivity contribution in [3.05, 3.63) is 22.4 Å². The molecule has 1 aliphatic heterocycles. The summed E-state index contributed by atoms with van der Waals surface area (Å²) in [7, 11) is 0. The van der Waals surface area contributed by atoms with Gasteiger partial charge < -0.3 is 10.4 Å². The highest BCUT2D eigenvalue weighted by atomic mass is 32.1. The van der Waals surface area contributed by atoms with Crippen LogP contribution < -0.4 is 5.32 Å². The first-order valence-electron chi connectivity index (χ1n) is 9.10. The molecule has 2 N–H and O–H groups in total. The summed E-state index contributed by atoms with van der Waals surface area (Å²) >= 11 is 1.72. The van der Waals surface area contributed by atoms with Gasteiger partial charge in [0.05, 0.1) is 17.9 Å². The Morgan fingerprint density at radius 2 is 2.04 bits per heavy atom. The van der Waals surface area contributed by atoms with Gasteiger partial charge in [-0.2, -0.15) is 0 Å². The largest absolute Gasteiger partial charge is 0.481 e. The van der Waals surface area contributed by atoms with E-state index < -0.39 is 23.2 Å².